The van der Waals surface area contributed by atoms with E-state index in [-0.39, 0.29) is 5.75 Å². The van der Waals surface area contributed by atoms with Crippen molar-refractivity contribution in [2.75, 3.05) is 11.9 Å². The molecule has 0 atom stereocenters. The summed E-state index contributed by atoms with van der Waals surface area (Å²) in [6, 6.07) is 9.49. The standard InChI is InChI=1S/C18H18ClN3O4/c1-3-26-16-9-12(4-7-15(16)23)10-20-22-18(25)17(24)21-14-6-5-13(19)8-11(14)2/h4-10,23H,3H2,1-2H3,(H,21,24)(H,22,25)/b20-10-. The Morgan fingerprint density at radius 3 is 2.69 bits per heavy atom. The number of ether oxygens (including phenoxy) is 1. The van der Waals surface area contributed by atoms with E-state index < -0.39 is 11.8 Å². The van der Waals surface area contributed by atoms with Gasteiger partial charge in [0.2, 0.25) is 0 Å². The Bertz CT molecular complexity index is 852. The van der Waals surface area contributed by atoms with Crippen molar-refractivity contribution >= 4 is 35.3 Å². The maximum Gasteiger partial charge on any atom is 0.329 e. The third-order valence-corrected chi connectivity index (χ3v) is 3.54. The van der Waals surface area contributed by atoms with Crippen LogP contribution in [0.2, 0.25) is 5.02 Å². The van der Waals surface area contributed by atoms with Crippen LogP contribution in [-0.2, 0) is 9.59 Å². The summed E-state index contributed by atoms with van der Waals surface area (Å²) in [4.78, 5) is 23.7. The van der Waals surface area contributed by atoms with Crippen LogP contribution in [0.4, 0.5) is 5.69 Å². The molecule has 0 unspecified atom stereocenters. The number of phenolic OH excluding ortho intramolecular Hbond substituents is 1. The number of carbonyl (C=O) groups excluding carboxylic acids is 2. The van der Waals surface area contributed by atoms with Gasteiger partial charge >= 0.3 is 11.8 Å². The van der Waals surface area contributed by atoms with Gasteiger partial charge in [-0.3, -0.25) is 9.59 Å². The normalized spacial score (nSPS) is 10.6. The summed E-state index contributed by atoms with van der Waals surface area (Å²) in [6.07, 6.45) is 1.33. The van der Waals surface area contributed by atoms with Crippen molar-refractivity contribution in [3.63, 3.8) is 0 Å². The van der Waals surface area contributed by atoms with Crippen LogP contribution in [0, 0.1) is 6.92 Å². The summed E-state index contributed by atoms with van der Waals surface area (Å²) < 4.78 is 5.26. The molecule has 0 heterocycles. The zero-order valence-corrected chi connectivity index (χ0v) is 15.0. The largest absolute Gasteiger partial charge is 0.504 e. The smallest absolute Gasteiger partial charge is 0.329 e. The van der Waals surface area contributed by atoms with Crippen molar-refractivity contribution in [1.82, 2.24) is 5.43 Å². The van der Waals surface area contributed by atoms with Gasteiger partial charge in [0.15, 0.2) is 11.5 Å². The fourth-order valence-corrected chi connectivity index (χ4v) is 2.27. The average Bonchev–Trinajstić information content (AvgIpc) is 2.60. The summed E-state index contributed by atoms with van der Waals surface area (Å²) in [5.74, 6) is -1.46. The Balaban J connectivity index is 1.96. The molecule has 0 saturated heterocycles. The van der Waals surface area contributed by atoms with Crippen LogP contribution in [0.5, 0.6) is 11.5 Å². The average molecular weight is 376 g/mol. The first-order chi connectivity index (χ1) is 12.4. The SMILES string of the molecule is CCOc1cc(/C=N\NC(=O)C(=O)Nc2ccc(Cl)cc2C)ccc1O. The highest BCUT2D eigenvalue weighted by Crippen LogP contribution is 2.26. The quantitative estimate of drug-likeness (QED) is 0.425. The lowest BCUT2D eigenvalue weighted by molar-refractivity contribution is -0.136. The highest BCUT2D eigenvalue weighted by molar-refractivity contribution is 6.39. The number of aromatic hydroxyl groups is 1. The fraction of sp³-hybridized carbons (Fsp3) is 0.167. The Labute approximate surface area is 155 Å². The summed E-state index contributed by atoms with van der Waals surface area (Å²) in [6.45, 7) is 3.95. The number of anilines is 1. The maximum atomic E-state index is 11.9. The first-order valence-electron chi connectivity index (χ1n) is 7.77. The maximum absolute atomic E-state index is 11.9. The van der Waals surface area contributed by atoms with Gasteiger partial charge < -0.3 is 15.2 Å². The minimum atomic E-state index is -0.917. The predicted octanol–water partition coefficient (Wildman–Crippen LogP) is 2.84. The predicted molar refractivity (Wildman–Crippen MR) is 99.8 cm³/mol. The first kappa shape index (κ1) is 19.3. The Morgan fingerprint density at radius 2 is 2.00 bits per heavy atom. The van der Waals surface area contributed by atoms with E-state index >= 15 is 0 Å². The van der Waals surface area contributed by atoms with Crippen LogP contribution >= 0.6 is 11.6 Å². The molecule has 0 aromatic heterocycles. The van der Waals surface area contributed by atoms with Gasteiger partial charge in [-0.15, -0.1) is 0 Å². The van der Waals surface area contributed by atoms with Gasteiger partial charge in [0.25, 0.3) is 0 Å². The second kappa shape index (κ2) is 8.87. The van der Waals surface area contributed by atoms with E-state index in [1.807, 2.05) is 0 Å². The summed E-state index contributed by atoms with van der Waals surface area (Å²) >= 11 is 5.85. The molecular weight excluding hydrogens is 358 g/mol. The second-order valence-corrected chi connectivity index (χ2v) is 5.71. The highest BCUT2D eigenvalue weighted by atomic mass is 35.5. The highest BCUT2D eigenvalue weighted by Gasteiger charge is 2.14. The van der Waals surface area contributed by atoms with Gasteiger partial charge in [0.05, 0.1) is 12.8 Å². The van der Waals surface area contributed by atoms with Crippen LogP contribution in [-0.4, -0.2) is 29.7 Å². The van der Waals surface area contributed by atoms with E-state index in [0.29, 0.717) is 28.6 Å². The molecule has 0 aliphatic rings. The van der Waals surface area contributed by atoms with Crippen LogP contribution in [0.3, 0.4) is 0 Å². The zero-order chi connectivity index (χ0) is 19.1. The lowest BCUT2D eigenvalue weighted by Crippen LogP contribution is -2.32. The molecule has 2 aromatic carbocycles. The van der Waals surface area contributed by atoms with Crippen molar-refractivity contribution in [1.29, 1.82) is 0 Å². The van der Waals surface area contributed by atoms with Crippen molar-refractivity contribution < 1.29 is 19.4 Å². The monoisotopic (exact) mass is 375 g/mol. The van der Waals surface area contributed by atoms with Crippen LogP contribution in [0.25, 0.3) is 0 Å². The number of nitrogens with zero attached hydrogens (tertiary/aromatic N) is 1. The molecule has 8 heteroatoms. The molecule has 0 aliphatic carbocycles. The van der Waals surface area contributed by atoms with Crippen molar-refractivity contribution in [3.8, 4) is 11.5 Å². The zero-order valence-electron chi connectivity index (χ0n) is 14.2. The molecule has 0 fully saturated rings. The molecule has 2 amide bonds. The number of aryl methyl sites for hydroxylation is 1. The van der Waals surface area contributed by atoms with E-state index in [1.165, 1.54) is 12.3 Å². The molecule has 3 N–H and O–H groups in total. The molecule has 0 saturated carbocycles. The Hall–Kier alpha value is -3.06. The molecule has 26 heavy (non-hydrogen) atoms. The van der Waals surface area contributed by atoms with E-state index in [1.54, 1.807) is 44.2 Å². The third-order valence-electron chi connectivity index (χ3n) is 3.31. The molecule has 2 rings (SSSR count). The van der Waals surface area contributed by atoms with Gasteiger partial charge in [0.1, 0.15) is 0 Å². The molecule has 2 aromatic rings. The number of hydrogen-bond acceptors (Lipinski definition) is 5. The molecule has 0 bridgehead atoms. The first-order valence-corrected chi connectivity index (χ1v) is 8.15. The topological polar surface area (TPSA) is 100 Å². The number of hydrogen-bond donors (Lipinski definition) is 3. The number of benzene rings is 2. The van der Waals surface area contributed by atoms with Crippen molar-refractivity contribution in [2.45, 2.75) is 13.8 Å². The number of carbonyl (C=O) groups is 2. The lowest BCUT2D eigenvalue weighted by Gasteiger charge is -2.07. The number of halogens is 1. The van der Waals surface area contributed by atoms with Gasteiger partial charge in [-0.1, -0.05) is 11.6 Å². The van der Waals surface area contributed by atoms with Gasteiger partial charge in [-0.2, -0.15) is 5.10 Å². The van der Waals surface area contributed by atoms with Crippen molar-refractivity contribution in [2.24, 2.45) is 5.10 Å². The van der Waals surface area contributed by atoms with E-state index in [0.717, 1.165) is 5.56 Å². The summed E-state index contributed by atoms with van der Waals surface area (Å²) in [5.41, 5.74) is 3.94. The Kier molecular flexibility index (Phi) is 6.57. The van der Waals surface area contributed by atoms with Gasteiger partial charge in [-0.05, 0) is 61.4 Å². The fourth-order valence-electron chi connectivity index (χ4n) is 2.04. The van der Waals surface area contributed by atoms with Crippen LogP contribution in [0.1, 0.15) is 18.1 Å². The van der Waals surface area contributed by atoms with E-state index in [9.17, 15) is 14.7 Å². The molecule has 0 spiro atoms. The van der Waals surface area contributed by atoms with Crippen LogP contribution in [0.15, 0.2) is 41.5 Å². The van der Waals surface area contributed by atoms with E-state index in [4.69, 9.17) is 16.3 Å². The van der Waals surface area contributed by atoms with Crippen molar-refractivity contribution in [3.05, 3.63) is 52.5 Å². The molecule has 136 valence electrons. The molecule has 7 nitrogen and oxygen atoms in total. The minimum Gasteiger partial charge on any atom is -0.504 e. The minimum absolute atomic E-state index is 0.00532. The number of rotatable bonds is 5. The van der Waals surface area contributed by atoms with Crippen LogP contribution < -0.4 is 15.5 Å². The Morgan fingerprint density at radius 1 is 1.23 bits per heavy atom. The second-order valence-electron chi connectivity index (χ2n) is 5.27. The summed E-state index contributed by atoms with van der Waals surface area (Å²) in [7, 11) is 0. The van der Waals surface area contributed by atoms with E-state index in [2.05, 4.69) is 15.8 Å². The summed E-state index contributed by atoms with van der Waals surface area (Å²) in [5, 5.41) is 16.4. The third kappa shape index (κ3) is 5.22. The number of amides is 2. The number of hydrazone groups is 1. The van der Waals surface area contributed by atoms with Gasteiger partial charge in [-0.25, -0.2) is 5.43 Å². The molecule has 0 radical (unpaired) electrons. The lowest BCUT2D eigenvalue weighted by atomic mass is 10.2. The van der Waals surface area contributed by atoms with Gasteiger partial charge in [0, 0.05) is 10.7 Å². The number of phenols is 1. The molecule has 0 aliphatic heterocycles. The molecular formula is C18H18ClN3O4. The number of nitrogens with one attached hydrogen (secondary N) is 2.